The summed E-state index contributed by atoms with van der Waals surface area (Å²) in [6, 6.07) is 7.90. The molecule has 0 saturated carbocycles. The molecule has 1 aliphatic heterocycles. The summed E-state index contributed by atoms with van der Waals surface area (Å²) in [5, 5.41) is 10.6. The van der Waals surface area contributed by atoms with E-state index in [0.717, 1.165) is 42.5 Å². The summed E-state index contributed by atoms with van der Waals surface area (Å²) < 4.78 is 5.34. The van der Waals surface area contributed by atoms with Crippen LogP contribution in [0.2, 0.25) is 0 Å². The quantitative estimate of drug-likeness (QED) is 0.681. The molecular weight excluding hydrogens is 232 g/mol. The highest BCUT2D eigenvalue weighted by atomic mass is 16.5. The molecule has 1 N–H and O–H groups in total. The van der Waals surface area contributed by atoms with Gasteiger partial charge in [-0.05, 0) is 12.1 Å². The van der Waals surface area contributed by atoms with Crippen LogP contribution in [0, 0.1) is 0 Å². The van der Waals surface area contributed by atoms with Gasteiger partial charge in [-0.2, -0.15) is 0 Å². The molecule has 0 aliphatic carbocycles. The molecular formula is C13H18N2O3. The Bertz CT molecular complexity index is 414. The SMILES string of the molecule is COc1ccccc1N1CC[NH+](CC(=O)[O-])CC1. The predicted octanol–water partition coefficient (Wildman–Crippen LogP) is -1.85. The molecule has 5 nitrogen and oxygen atoms in total. The number of benzene rings is 1. The number of nitrogens with one attached hydrogen (secondary N) is 1. The molecule has 0 amide bonds. The van der Waals surface area contributed by atoms with Crippen LogP contribution in [0.3, 0.4) is 0 Å². The minimum atomic E-state index is -0.976. The number of aliphatic carboxylic acids is 1. The molecule has 0 unspecified atom stereocenters. The smallest absolute Gasteiger partial charge is 0.142 e. The molecule has 0 atom stereocenters. The lowest BCUT2D eigenvalue weighted by Crippen LogP contribution is -3.16. The van der Waals surface area contributed by atoms with Crippen molar-refractivity contribution in [1.29, 1.82) is 0 Å². The van der Waals surface area contributed by atoms with E-state index in [2.05, 4.69) is 4.90 Å². The van der Waals surface area contributed by atoms with Gasteiger partial charge in [0.15, 0.2) is 0 Å². The summed E-state index contributed by atoms with van der Waals surface area (Å²) in [6.07, 6.45) is 0. The van der Waals surface area contributed by atoms with Crippen molar-refractivity contribution >= 4 is 11.7 Å². The molecule has 0 aromatic heterocycles. The Morgan fingerprint density at radius 1 is 1.39 bits per heavy atom. The number of carboxylic acid groups (broad SMARTS) is 1. The lowest BCUT2D eigenvalue weighted by atomic mass is 10.2. The van der Waals surface area contributed by atoms with Crippen molar-refractivity contribution in [3.05, 3.63) is 24.3 Å². The molecule has 1 aliphatic rings. The van der Waals surface area contributed by atoms with Crippen LogP contribution in [0.5, 0.6) is 5.75 Å². The van der Waals surface area contributed by atoms with E-state index in [9.17, 15) is 9.90 Å². The van der Waals surface area contributed by atoms with E-state index < -0.39 is 5.97 Å². The van der Waals surface area contributed by atoms with Crippen LogP contribution in [-0.4, -0.2) is 45.8 Å². The zero-order chi connectivity index (χ0) is 13.0. The number of nitrogens with zero attached hydrogens (tertiary/aromatic N) is 1. The predicted molar refractivity (Wildman–Crippen MR) is 65.8 cm³/mol. The zero-order valence-corrected chi connectivity index (χ0v) is 10.5. The van der Waals surface area contributed by atoms with Crippen molar-refractivity contribution in [2.45, 2.75) is 0 Å². The number of carboxylic acids is 1. The molecule has 1 heterocycles. The number of hydrogen-bond donors (Lipinski definition) is 1. The average Bonchev–Trinajstić information content (AvgIpc) is 2.39. The third-order valence-corrected chi connectivity index (χ3v) is 3.29. The van der Waals surface area contributed by atoms with E-state index in [1.54, 1.807) is 7.11 Å². The number of anilines is 1. The Hall–Kier alpha value is -1.75. The summed E-state index contributed by atoms with van der Waals surface area (Å²) in [5.74, 6) is -0.114. The Labute approximate surface area is 107 Å². The van der Waals surface area contributed by atoms with E-state index in [0.29, 0.717) is 0 Å². The Morgan fingerprint density at radius 2 is 2.06 bits per heavy atom. The van der Waals surface area contributed by atoms with E-state index in [-0.39, 0.29) is 6.54 Å². The minimum absolute atomic E-state index is 0.0970. The molecule has 2 rings (SSSR count). The Kier molecular flexibility index (Phi) is 4.04. The number of carbonyl (C=O) groups is 1. The van der Waals surface area contributed by atoms with Crippen molar-refractivity contribution in [2.24, 2.45) is 0 Å². The average molecular weight is 250 g/mol. The van der Waals surface area contributed by atoms with Crippen LogP contribution in [0.4, 0.5) is 5.69 Å². The topological polar surface area (TPSA) is 57.0 Å². The van der Waals surface area contributed by atoms with Crippen LogP contribution in [0.15, 0.2) is 24.3 Å². The van der Waals surface area contributed by atoms with Gasteiger partial charge < -0.3 is 24.4 Å². The third-order valence-electron chi connectivity index (χ3n) is 3.29. The van der Waals surface area contributed by atoms with Crippen LogP contribution in [-0.2, 0) is 4.79 Å². The van der Waals surface area contributed by atoms with Gasteiger partial charge in [0.05, 0.1) is 44.9 Å². The van der Waals surface area contributed by atoms with E-state index >= 15 is 0 Å². The van der Waals surface area contributed by atoms with E-state index in [1.165, 1.54) is 0 Å². The summed E-state index contributed by atoms with van der Waals surface area (Å²) >= 11 is 0. The highest BCUT2D eigenvalue weighted by Crippen LogP contribution is 2.27. The maximum atomic E-state index is 10.6. The number of hydrogen-bond acceptors (Lipinski definition) is 4. The number of piperazine rings is 1. The second-order valence-electron chi connectivity index (χ2n) is 4.46. The molecule has 1 aromatic rings. The van der Waals surface area contributed by atoms with Gasteiger partial charge in [-0.25, -0.2) is 0 Å². The summed E-state index contributed by atoms with van der Waals surface area (Å²) in [7, 11) is 1.66. The van der Waals surface area contributed by atoms with Crippen molar-refractivity contribution in [3.8, 4) is 5.75 Å². The molecule has 1 fully saturated rings. The number of rotatable bonds is 4. The highest BCUT2D eigenvalue weighted by molar-refractivity contribution is 5.65. The highest BCUT2D eigenvalue weighted by Gasteiger charge is 2.21. The molecule has 0 bridgehead atoms. The Morgan fingerprint density at radius 3 is 2.67 bits per heavy atom. The molecule has 18 heavy (non-hydrogen) atoms. The third kappa shape index (κ3) is 2.92. The number of quaternary nitrogens is 1. The first-order valence-electron chi connectivity index (χ1n) is 6.12. The van der Waals surface area contributed by atoms with Crippen LogP contribution in [0.1, 0.15) is 0 Å². The van der Waals surface area contributed by atoms with Crippen LogP contribution in [0.25, 0.3) is 0 Å². The van der Waals surface area contributed by atoms with Gasteiger partial charge >= 0.3 is 0 Å². The standard InChI is InChI=1S/C13H18N2O3/c1-18-12-5-3-2-4-11(12)15-8-6-14(7-9-15)10-13(16)17/h2-5H,6-10H2,1H3,(H,16,17). The lowest BCUT2D eigenvalue weighted by Gasteiger charge is -2.34. The lowest BCUT2D eigenvalue weighted by molar-refractivity contribution is -0.894. The van der Waals surface area contributed by atoms with Gasteiger partial charge in [0.25, 0.3) is 0 Å². The minimum Gasteiger partial charge on any atom is -0.544 e. The number of para-hydroxylation sites is 2. The summed E-state index contributed by atoms with van der Waals surface area (Å²) in [5.41, 5.74) is 1.08. The van der Waals surface area contributed by atoms with Crippen LogP contribution < -0.4 is 19.6 Å². The number of ether oxygens (including phenoxy) is 1. The van der Waals surface area contributed by atoms with Gasteiger partial charge in [0.2, 0.25) is 0 Å². The maximum absolute atomic E-state index is 10.6. The molecule has 1 aromatic carbocycles. The van der Waals surface area contributed by atoms with Gasteiger partial charge in [-0.1, -0.05) is 12.1 Å². The van der Waals surface area contributed by atoms with Gasteiger partial charge in [0, 0.05) is 0 Å². The van der Waals surface area contributed by atoms with Crippen molar-refractivity contribution in [1.82, 2.24) is 0 Å². The fourth-order valence-corrected chi connectivity index (χ4v) is 2.34. The summed E-state index contributed by atoms with van der Waals surface area (Å²) in [4.78, 5) is 13.9. The first kappa shape index (κ1) is 12.7. The first-order chi connectivity index (χ1) is 8.70. The molecule has 5 heteroatoms. The monoisotopic (exact) mass is 250 g/mol. The fourth-order valence-electron chi connectivity index (χ4n) is 2.34. The second-order valence-corrected chi connectivity index (χ2v) is 4.46. The normalized spacial score (nSPS) is 16.6. The Balaban J connectivity index is 1.99. The van der Waals surface area contributed by atoms with Crippen LogP contribution >= 0.6 is 0 Å². The van der Waals surface area contributed by atoms with Crippen molar-refractivity contribution in [3.63, 3.8) is 0 Å². The van der Waals surface area contributed by atoms with Crippen molar-refractivity contribution in [2.75, 3.05) is 44.7 Å². The zero-order valence-electron chi connectivity index (χ0n) is 10.5. The van der Waals surface area contributed by atoms with Gasteiger partial charge in [-0.15, -0.1) is 0 Å². The largest absolute Gasteiger partial charge is 0.544 e. The second kappa shape index (κ2) is 5.73. The van der Waals surface area contributed by atoms with Crippen molar-refractivity contribution < 1.29 is 19.5 Å². The first-order valence-corrected chi connectivity index (χ1v) is 6.12. The molecule has 0 spiro atoms. The van der Waals surface area contributed by atoms with Gasteiger partial charge in [0.1, 0.15) is 12.3 Å². The summed E-state index contributed by atoms with van der Waals surface area (Å²) in [6.45, 7) is 3.39. The maximum Gasteiger partial charge on any atom is 0.142 e. The molecule has 0 radical (unpaired) electrons. The number of methoxy groups -OCH3 is 1. The van der Waals surface area contributed by atoms with Gasteiger partial charge in [-0.3, -0.25) is 0 Å². The van der Waals surface area contributed by atoms with E-state index in [1.807, 2.05) is 24.3 Å². The van der Waals surface area contributed by atoms with E-state index in [4.69, 9.17) is 4.74 Å². The molecule has 1 saturated heterocycles. The number of carbonyl (C=O) groups excluding carboxylic acids is 1. The fraction of sp³-hybridized carbons (Fsp3) is 0.462. The molecule has 98 valence electrons.